The van der Waals surface area contributed by atoms with Gasteiger partial charge in [-0.05, 0) is 211 Å². The lowest BCUT2D eigenvalue weighted by Gasteiger charge is -2.36. The van der Waals surface area contributed by atoms with Crippen molar-refractivity contribution in [2.45, 2.75) is 152 Å². The molecule has 2 saturated heterocycles. The van der Waals surface area contributed by atoms with Gasteiger partial charge in [-0.2, -0.15) is 0 Å². The molecule has 2 unspecified atom stereocenters. The molecule has 4 heterocycles. The summed E-state index contributed by atoms with van der Waals surface area (Å²) in [5, 5.41) is 43.0. The fourth-order valence-corrected chi connectivity index (χ4v) is 14.5. The first-order valence-electron chi connectivity index (χ1n) is 38.0. The van der Waals surface area contributed by atoms with E-state index in [2.05, 4.69) is 145 Å². The van der Waals surface area contributed by atoms with Crippen molar-refractivity contribution in [3.05, 3.63) is 300 Å². The number of nitrogens with two attached hydrogens (primary N) is 1. The predicted molar refractivity (Wildman–Crippen MR) is 422 cm³/mol. The van der Waals surface area contributed by atoms with Crippen LogP contribution in [0.5, 0.6) is 0 Å². The van der Waals surface area contributed by atoms with E-state index < -0.39 is 24.2 Å². The molecule has 0 spiro atoms. The number of carboxylic acids is 1. The van der Waals surface area contributed by atoms with Crippen molar-refractivity contribution in [3.63, 3.8) is 0 Å². The zero-order valence-electron chi connectivity index (χ0n) is 60.7. The lowest BCUT2D eigenvalue weighted by molar-refractivity contribution is -0.128. The summed E-state index contributed by atoms with van der Waals surface area (Å²) in [6.45, 7) is 3.86. The molecule has 15 heteroatoms. The smallest absolute Gasteiger partial charge is 0.335 e. The fraction of sp³-hybridized carbons (Fsp3) is 0.356. The number of carboxylic acid groups (broad SMARTS) is 1. The van der Waals surface area contributed by atoms with E-state index in [0.29, 0.717) is 50.1 Å². The summed E-state index contributed by atoms with van der Waals surface area (Å²) in [4.78, 5) is 64.3. The highest BCUT2D eigenvalue weighted by Crippen LogP contribution is 2.24. The molecule has 2 aromatic heterocycles. The van der Waals surface area contributed by atoms with Gasteiger partial charge in [-0.25, -0.2) is 4.79 Å². The summed E-state index contributed by atoms with van der Waals surface area (Å²) in [5.41, 5.74) is 16.3. The van der Waals surface area contributed by atoms with Crippen LogP contribution >= 0.6 is 0 Å². The molecule has 0 saturated carbocycles. The van der Waals surface area contributed by atoms with E-state index in [-0.39, 0.29) is 47.7 Å². The fourth-order valence-electron chi connectivity index (χ4n) is 14.5. The van der Waals surface area contributed by atoms with E-state index in [0.717, 1.165) is 149 Å². The van der Waals surface area contributed by atoms with Gasteiger partial charge >= 0.3 is 5.97 Å². The zero-order chi connectivity index (χ0) is 73.2. The van der Waals surface area contributed by atoms with Crippen LogP contribution < -0.4 is 21.7 Å². The van der Waals surface area contributed by atoms with Gasteiger partial charge in [-0.3, -0.25) is 34.2 Å². The molecule has 6 atom stereocenters. The molecule has 105 heavy (non-hydrogen) atoms. The van der Waals surface area contributed by atoms with Gasteiger partial charge in [0.2, 0.25) is 11.8 Å². The summed E-state index contributed by atoms with van der Waals surface area (Å²) in [6.07, 6.45) is 18.8. The monoisotopic (exact) mass is 1410 g/mol. The average molecular weight is 1410 g/mol. The van der Waals surface area contributed by atoms with E-state index in [4.69, 9.17) is 10.8 Å². The van der Waals surface area contributed by atoms with Crippen molar-refractivity contribution >= 4 is 45.5 Å². The largest absolute Gasteiger partial charge is 0.478 e. The van der Waals surface area contributed by atoms with E-state index >= 15 is 0 Å². The molecule has 0 radical (unpaired) electrons. The standard InChI is InChI=1S/C45H52N4O3.C35H47N3O2.C10H7NO2/c50-43(42(30-36-18-8-3-9-19-36)48-44(51)38-26-27-41-37(31-38)22-12-28-46-41)33-49-29-13-23-39(32-49)45(52)47-40(24-10-20-34-14-4-1-5-15-34)25-11-21-35-16-6-2-7-17-35;36-33(25-30-17-8-3-9-18-30)34(39)27-38-24-12-21-31(26-38)35(40)37-32(22-10-19-28-13-4-1-5-14-28)23-11-20-29-15-6-2-7-16-29;12-10(13)8-3-4-9-7(6-8)2-1-5-11-9/h1-9,12,14-19,22,26-28,31,39-40,42-43,50H,10-11,13,20-21,23-25,29-30,32-33H2,(H,47,52)(H,48,51);1-9,13-18,31-34,39H,10-12,19-27,36H2,(H,37,40);1-6H,(H,12,13)/t39?,42-,43+;31?,33-,34+;/m11./s1. The highest BCUT2D eigenvalue weighted by atomic mass is 16.4. The van der Waals surface area contributed by atoms with Crippen LogP contribution in [0, 0.1) is 11.8 Å². The first kappa shape index (κ1) is 77.9. The van der Waals surface area contributed by atoms with Crippen LogP contribution in [0.25, 0.3) is 21.8 Å². The average Bonchev–Trinajstić information content (AvgIpc) is 0.830. The number of benzene rings is 8. The van der Waals surface area contributed by atoms with Crippen LogP contribution in [0.4, 0.5) is 0 Å². The molecular formula is C90H106N8O7. The molecule has 0 bridgehead atoms. The van der Waals surface area contributed by atoms with Gasteiger partial charge in [0.1, 0.15) is 0 Å². The second-order valence-corrected chi connectivity index (χ2v) is 28.5. The molecule has 15 nitrogen and oxygen atoms in total. The number of likely N-dealkylation sites (tertiary alicyclic amines) is 2. The number of amides is 3. The van der Waals surface area contributed by atoms with Crippen molar-refractivity contribution in [3.8, 4) is 0 Å². The molecule has 12 rings (SSSR count). The number of hydrogen-bond acceptors (Lipinski definition) is 11. The van der Waals surface area contributed by atoms with E-state index in [1.54, 1.807) is 42.7 Å². The summed E-state index contributed by atoms with van der Waals surface area (Å²) >= 11 is 0. The number of aromatic carboxylic acids is 1. The van der Waals surface area contributed by atoms with Crippen molar-refractivity contribution in [2.24, 2.45) is 17.6 Å². The van der Waals surface area contributed by atoms with Gasteiger partial charge in [-0.15, -0.1) is 0 Å². The number of nitrogens with zero attached hydrogens (tertiary/aromatic N) is 4. The second kappa shape index (κ2) is 42.3. The van der Waals surface area contributed by atoms with Crippen LogP contribution in [-0.4, -0.2) is 134 Å². The zero-order valence-corrected chi connectivity index (χ0v) is 60.7. The van der Waals surface area contributed by atoms with Gasteiger partial charge in [0.25, 0.3) is 5.91 Å². The maximum Gasteiger partial charge on any atom is 0.335 e. The van der Waals surface area contributed by atoms with Crippen molar-refractivity contribution in [1.29, 1.82) is 0 Å². The number of piperidine rings is 2. The topological polar surface area (TPSA) is 223 Å². The van der Waals surface area contributed by atoms with Crippen molar-refractivity contribution in [2.75, 3.05) is 39.3 Å². The number of fused-ring (bicyclic) bond motifs is 2. The molecule has 8 aromatic carbocycles. The Bertz CT molecular complexity index is 4110. The summed E-state index contributed by atoms with van der Waals surface area (Å²) < 4.78 is 0. The van der Waals surface area contributed by atoms with E-state index in [1.165, 1.54) is 22.3 Å². The molecule has 2 aliphatic heterocycles. The lowest BCUT2D eigenvalue weighted by atomic mass is 9.94. The molecule has 0 aliphatic carbocycles. The minimum Gasteiger partial charge on any atom is -0.478 e. The highest BCUT2D eigenvalue weighted by Gasteiger charge is 2.32. The number of aliphatic hydroxyl groups is 2. The number of aliphatic hydroxyl groups excluding tert-OH is 2. The SMILES string of the molecule is N[C@H](Cc1ccccc1)[C@@H](O)CN1CCCC(C(=O)NC(CCCc2ccccc2)CCCc2ccccc2)C1.O=C(N[C@H](Cc1ccccc1)[C@@H](O)CN1CCCC(C(=O)NC(CCCc2ccccc2)CCCc2ccccc2)C1)c1ccc2ncccc2c1.O=C(O)c1ccc2ncccc2c1. The minimum absolute atomic E-state index is 0.0444. The molecule has 3 amide bonds. The number of hydrogen-bond donors (Lipinski definition) is 7. The number of carbonyl (C=O) groups excluding carboxylic acids is 3. The Morgan fingerprint density at radius 1 is 0.429 bits per heavy atom. The van der Waals surface area contributed by atoms with Gasteiger partial charge in [0.15, 0.2) is 0 Å². The lowest BCUT2D eigenvalue weighted by Crippen LogP contribution is -2.52. The van der Waals surface area contributed by atoms with Gasteiger partial charge < -0.3 is 37.0 Å². The van der Waals surface area contributed by atoms with Crippen LogP contribution in [0.3, 0.4) is 0 Å². The number of aryl methyl sites for hydroxylation is 4. The maximum atomic E-state index is 13.8. The first-order chi connectivity index (χ1) is 51.3. The Morgan fingerprint density at radius 3 is 1.19 bits per heavy atom. The molecular weight excluding hydrogens is 1310 g/mol. The normalized spacial score (nSPS) is 15.8. The summed E-state index contributed by atoms with van der Waals surface area (Å²) in [6, 6.07) is 79.6. The molecule has 10 aromatic rings. The summed E-state index contributed by atoms with van der Waals surface area (Å²) in [7, 11) is 0. The van der Waals surface area contributed by atoms with Crippen LogP contribution in [0.2, 0.25) is 0 Å². The number of rotatable bonds is 33. The molecule has 2 fully saturated rings. The van der Waals surface area contributed by atoms with Gasteiger partial charge in [0.05, 0.1) is 46.7 Å². The number of carbonyl (C=O) groups is 4. The number of β-amino-alcohol motifs (C(OH)–C–C–N with tert-alkyl or cyclic N) is 2. The second-order valence-electron chi connectivity index (χ2n) is 28.5. The Kier molecular flexibility index (Phi) is 31.3. The Hall–Kier alpha value is -9.74. The maximum absolute atomic E-state index is 13.8. The third-order valence-electron chi connectivity index (χ3n) is 20.4. The quantitative estimate of drug-likeness (QED) is 0.0204. The third kappa shape index (κ3) is 26.4. The van der Waals surface area contributed by atoms with Crippen LogP contribution in [-0.2, 0) is 48.1 Å². The third-order valence-corrected chi connectivity index (χ3v) is 20.4. The van der Waals surface area contributed by atoms with Gasteiger partial charge in [0, 0.05) is 73.0 Å². The van der Waals surface area contributed by atoms with Crippen LogP contribution in [0.15, 0.2) is 255 Å². The Morgan fingerprint density at radius 2 is 0.790 bits per heavy atom. The number of nitrogens with one attached hydrogen (secondary N) is 3. The van der Waals surface area contributed by atoms with E-state index in [9.17, 15) is 29.4 Å². The number of aromatic nitrogens is 2. The highest BCUT2D eigenvalue weighted by molar-refractivity contribution is 5.98. The molecule has 548 valence electrons. The Balaban J connectivity index is 0.000000196. The number of pyridine rings is 2. The first-order valence-corrected chi connectivity index (χ1v) is 38.0. The van der Waals surface area contributed by atoms with Crippen LogP contribution in [0.1, 0.15) is 131 Å². The molecule has 2 aliphatic rings. The minimum atomic E-state index is -0.911. The predicted octanol–water partition coefficient (Wildman–Crippen LogP) is 14.3. The van der Waals surface area contributed by atoms with Crippen molar-refractivity contribution < 1.29 is 34.5 Å². The molecule has 8 N–H and O–H groups in total. The summed E-state index contributed by atoms with van der Waals surface area (Å²) in [5.74, 6) is -1.05. The van der Waals surface area contributed by atoms with Crippen molar-refractivity contribution in [1.82, 2.24) is 35.7 Å². The van der Waals surface area contributed by atoms with Gasteiger partial charge in [-0.1, -0.05) is 194 Å². The Labute approximate surface area is 620 Å². The van der Waals surface area contributed by atoms with E-state index in [1.807, 2.05) is 103 Å².